The van der Waals surface area contributed by atoms with Crippen LogP contribution in [0, 0.1) is 5.92 Å². The van der Waals surface area contributed by atoms with Crippen molar-refractivity contribution in [2.75, 3.05) is 18.0 Å². The van der Waals surface area contributed by atoms with Gasteiger partial charge in [0.1, 0.15) is 5.03 Å². The quantitative estimate of drug-likeness (QED) is 0.562. The Morgan fingerprint density at radius 1 is 1.17 bits per heavy atom. The molecular formula is C22H22BrN5OS. The first-order valence-corrected chi connectivity index (χ1v) is 11.5. The molecule has 2 aromatic heterocycles. The summed E-state index contributed by atoms with van der Waals surface area (Å²) < 4.78 is 1.05. The van der Waals surface area contributed by atoms with Crippen molar-refractivity contribution >= 4 is 39.4 Å². The number of nitrogens with one attached hydrogen (secondary N) is 1. The first-order chi connectivity index (χ1) is 14.7. The van der Waals surface area contributed by atoms with E-state index in [4.69, 9.17) is 0 Å². The zero-order chi connectivity index (χ0) is 20.8. The second-order valence-corrected chi connectivity index (χ2v) is 9.16. The van der Waals surface area contributed by atoms with Gasteiger partial charge < -0.3 is 10.2 Å². The molecule has 30 heavy (non-hydrogen) atoms. The van der Waals surface area contributed by atoms with Crippen molar-refractivity contribution in [2.45, 2.75) is 29.3 Å². The Labute approximate surface area is 188 Å². The lowest BCUT2D eigenvalue weighted by Crippen LogP contribution is -2.43. The van der Waals surface area contributed by atoms with Gasteiger partial charge in [0, 0.05) is 41.4 Å². The van der Waals surface area contributed by atoms with E-state index in [9.17, 15) is 4.79 Å². The molecule has 8 heteroatoms. The van der Waals surface area contributed by atoms with Crippen molar-refractivity contribution in [3.8, 4) is 0 Å². The van der Waals surface area contributed by atoms with Crippen LogP contribution in [0.3, 0.4) is 0 Å². The number of nitrogens with zero attached hydrogens (tertiary/aromatic N) is 4. The number of halogens is 1. The second kappa shape index (κ2) is 10.0. The van der Waals surface area contributed by atoms with Crippen LogP contribution in [0.5, 0.6) is 0 Å². The molecule has 0 unspecified atom stereocenters. The van der Waals surface area contributed by atoms with Crippen molar-refractivity contribution in [3.05, 3.63) is 71.0 Å². The Balaban J connectivity index is 1.33. The fourth-order valence-corrected chi connectivity index (χ4v) is 4.39. The first kappa shape index (κ1) is 20.8. The number of carbonyl (C=O) groups is 1. The lowest BCUT2D eigenvalue weighted by Gasteiger charge is -2.32. The van der Waals surface area contributed by atoms with Crippen LogP contribution in [0.4, 0.5) is 5.82 Å². The molecule has 1 N–H and O–H groups in total. The van der Waals surface area contributed by atoms with Gasteiger partial charge >= 0.3 is 0 Å². The molecule has 1 aromatic carbocycles. The largest absolute Gasteiger partial charge is 0.354 e. The Hall–Kier alpha value is -2.45. The summed E-state index contributed by atoms with van der Waals surface area (Å²) in [6.07, 6.45) is 5.35. The predicted molar refractivity (Wildman–Crippen MR) is 121 cm³/mol. The van der Waals surface area contributed by atoms with Gasteiger partial charge in [-0.15, -0.1) is 10.2 Å². The number of amides is 1. The molecule has 0 radical (unpaired) electrons. The van der Waals surface area contributed by atoms with E-state index in [1.807, 2.05) is 48.5 Å². The van der Waals surface area contributed by atoms with Crippen molar-refractivity contribution < 1.29 is 4.79 Å². The summed E-state index contributed by atoms with van der Waals surface area (Å²) in [6, 6.07) is 15.9. The Kier molecular flexibility index (Phi) is 6.96. The average Bonchev–Trinajstić information content (AvgIpc) is 2.80. The number of piperidine rings is 1. The van der Waals surface area contributed by atoms with Crippen LogP contribution in [0.25, 0.3) is 0 Å². The summed E-state index contributed by atoms with van der Waals surface area (Å²) >= 11 is 5.03. The van der Waals surface area contributed by atoms with E-state index >= 15 is 0 Å². The number of pyridine rings is 1. The van der Waals surface area contributed by atoms with E-state index in [0.717, 1.165) is 45.2 Å². The lowest BCUT2D eigenvalue weighted by atomic mass is 9.97. The van der Waals surface area contributed by atoms with Gasteiger partial charge in [0.15, 0.2) is 5.82 Å². The maximum absolute atomic E-state index is 12.6. The topological polar surface area (TPSA) is 71.0 Å². The second-order valence-electron chi connectivity index (χ2n) is 7.15. The molecule has 0 bridgehead atoms. The number of benzene rings is 1. The summed E-state index contributed by atoms with van der Waals surface area (Å²) in [4.78, 5) is 20.0. The van der Waals surface area contributed by atoms with Crippen LogP contribution in [0.15, 0.2) is 75.3 Å². The molecule has 0 aliphatic carbocycles. The molecule has 3 heterocycles. The molecule has 1 aliphatic rings. The standard InChI is InChI=1S/C22H22BrN5OS/c23-18-5-7-19(8-6-18)30-21-10-9-20(26-27-21)28-12-2-4-17(15-28)22(29)25-14-16-3-1-11-24-13-16/h1,3,5-11,13,17H,2,4,12,14-15H2,(H,25,29)/t17-/m1/s1. The van der Waals surface area contributed by atoms with Gasteiger partial charge in [0.25, 0.3) is 0 Å². The highest BCUT2D eigenvalue weighted by atomic mass is 79.9. The van der Waals surface area contributed by atoms with Gasteiger partial charge in [-0.25, -0.2) is 0 Å². The molecule has 154 valence electrons. The highest BCUT2D eigenvalue weighted by Gasteiger charge is 2.26. The molecule has 1 saturated heterocycles. The van der Waals surface area contributed by atoms with E-state index in [-0.39, 0.29) is 11.8 Å². The molecular weight excluding hydrogens is 462 g/mol. The molecule has 1 aliphatic heterocycles. The van der Waals surface area contributed by atoms with Crippen molar-refractivity contribution in [1.29, 1.82) is 0 Å². The lowest BCUT2D eigenvalue weighted by molar-refractivity contribution is -0.125. The molecule has 6 nitrogen and oxygen atoms in total. The predicted octanol–water partition coefficient (Wildman–Crippen LogP) is 4.32. The minimum absolute atomic E-state index is 0.0472. The van der Waals surface area contributed by atoms with Crippen molar-refractivity contribution in [3.63, 3.8) is 0 Å². The zero-order valence-electron chi connectivity index (χ0n) is 16.4. The smallest absolute Gasteiger partial charge is 0.225 e. The van der Waals surface area contributed by atoms with Crippen molar-refractivity contribution in [1.82, 2.24) is 20.5 Å². The molecule has 1 atom stereocenters. The van der Waals surface area contributed by atoms with Gasteiger partial charge in [0.2, 0.25) is 5.91 Å². The van der Waals surface area contributed by atoms with Gasteiger partial charge in [-0.05, 0) is 60.9 Å². The third-order valence-corrected chi connectivity index (χ3v) is 6.43. The molecule has 1 fully saturated rings. The summed E-state index contributed by atoms with van der Waals surface area (Å²) in [5.41, 5.74) is 1.00. The molecule has 3 aromatic rings. The van der Waals surface area contributed by atoms with E-state index < -0.39 is 0 Å². The SMILES string of the molecule is O=C(NCc1cccnc1)[C@@H]1CCCN(c2ccc(Sc3ccc(Br)cc3)nn2)C1. The summed E-state index contributed by atoms with van der Waals surface area (Å²) in [5.74, 6) is 0.855. The van der Waals surface area contributed by atoms with Gasteiger partial charge in [-0.1, -0.05) is 33.8 Å². The van der Waals surface area contributed by atoms with E-state index in [1.165, 1.54) is 0 Å². The minimum atomic E-state index is -0.0472. The number of rotatable bonds is 6. The first-order valence-electron chi connectivity index (χ1n) is 9.86. The fraction of sp³-hybridized carbons (Fsp3) is 0.273. The molecule has 1 amide bonds. The van der Waals surface area contributed by atoms with Gasteiger partial charge in [0.05, 0.1) is 5.92 Å². The summed E-state index contributed by atoms with van der Waals surface area (Å²) in [6.45, 7) is 2.05. The number of aromatic nitrogens is 3. The van der Waals surface area contributed by atoms with Crippen LogP contribution >= 0.6 is 27.7 Å². The molecule has 4 rings (SSSR count). The highest BCUT2D eigenvalue weighted by molar-refractivity contribution is 9.10. The Bertz CT molecular complexity index is 969. The van der Waals surface area contributed by atoms with Crippen LogP contribution in [-0.4, -0.2) is 34.2 Å². The highest BCUT2D eigenvalue weighted by Crippen LogP contribution is 2.28. The van der Waals surface area contributed by atoms with Crippen molar-refractivity contribution in [2.24, 2.45) is 5.92 Å². The Morgan fingerprint density at radius 2 is 2.03 bits per heavy atom. The third-order valence-electron chi connectivity index (χ3n) is 4.97. The van der Waals surface area contributed by atoms with E-state index in [0.29, 0.717) is 13.1 Å². The van der Waals surface area contributed by atoms with Crippen LogP contribution in [0.1, 0.15) is 18.4 Å². The average molecular weight is 484 g/mol. The molecule has 0 saturated carbocycles. The van der Waals surface area contributed by atoms with E-state index in [2.05, 4.69) is 41.3 Å². The zero-order valence-corrected chi connectivity index (χ0v) is 18.8. The van der Waals surface area contributed by atoms with Gasteiger partial charge in [-0.3, -0.25) is 9.78 Å². The number of carbonyl (C=O) groups excluding carboxylic acids is 1. The van der Waals surface area contributed by atoms with Crippen LogP contribution in [-0.2, 0) is 11.3 Å². The fourth-order valence-electron chi connectivity index (χ4n) is 3.39. The summed E-state index contributed by atoms with van der Waals surface area (Å²) in [7, 11) is 0. The number of hydrogen-bond donors (Lipinski definition) is 1. The maximum atomic E-state index is 12.6. The molecule has 0 spiro atoms. The monoisotopic (exact) mass is 483 g/mol. The Morgan fingerprint density at radius 3 is 2.77 bits per heavy atom. The van der Waals surface area contributed by atoms with Gasteiger partial charge in [-0.2, -0.15) is 0 Å². The van der Waals surface area contributed by atoms with E-state index in [1.54, 1.807) is 24.2 Å². The minimum Gasteiger partial charge on any atom is -0.354 e. The number of hydrogen-bond acceptors (Lipinski definition) is 6. The maximum Gasteiger partial charge on any atom is 0.225 e. The van der Waals surface area contributed by atoms with Crippen LogP contribution < -0.4 is 10.2 Å². The normalized spacial score (nSPS) is 16.3. The third kappa shape index (κ3) is 5.58. The summed E-state index contributed by atoms with van der Waals surface area (Å²) in [5, 5.41) is 12.7. The number of anilines is 1. The van der Waals surface area contributed by atoms with Crippen LogP contribution in [0.2, 0.25) is 0 Å².